The van der Waals surface area contributed by atoms with Gasteiger partial charge in [0.15, 0.2) is 6.10 Å². The predicted octanol–water partition coefficient (Wildman–Crippen LogP) is 5.60. The normalized spacial score (nSPS) is 24.3. The maximum absolute atomic E-state index is 12.7. The lowest BCUT2D eigenvalue weighted by Gasteiger charge is -2.41. The molecular weight excluding hydrogens is 707 g/mol. The summed E-state index contributed by atoms with van der Waals surface area (Å²) in [7, 11) is -5.13. The van der Waals surface area contributed by atoms with E-state index in [1.165, 1.54) is 12.8 Å². The summed E-state index contributed by atoms with van der Waals surface area (Å²) < 4.78 is 33.2. The van der Waals surface area contributed by atoms with Crippen LogP contribution < -0.4 is 0 Å². The van der Waals surface area contributed by atoms with Crippen molar-refractivity contribution in [2.45, 2.75) is 146 Å². The summed E-state index contributed by atoms with van der Waals surface area (Å²) >= 11 is 0. The van der Waals surface area contributed by atoms with E-state index in [-0.39, 0.29) is 12.8 Å². The molecule has 0 spiro atoms. The van der Waals surface area contributed by atoms with Gasteiger partial charge in [-0.15, -0.1) is 0 Å². The maximum atomic E-state index is 12.7. The minimum absolute atomic E-state index is 0.00510. The van der Waals surface area contributed by atoms with Gasteiger partial charge in [0.2, 0.25) is 0 Å². The van der Waals surface area contributed by atoms with Gasteiger partial charge >= 0.3 is 19.8 Å². The van der Waals surface area contributed by atoms with Crippen molar-refractivity contribution in [2.24, 2.45) is 0 Å². The third-order valence-electron chi connectivity index (χ3n) is 8.16. The standard InChI is InChI=1S/C39H63O13P/c1-3-5-7-9-11-13-15-16-18-20-22-24-26-28-33(41)51-31(29-49-32(40)27-25-23-21-19-17-14-12-10-8-6-4-2)30-50-53(47,48)52-39-37(45)35(43)34(42)36(44)38(39)46/h5,7,9-13,15-16,18,20,22,31,34-39,42-46H,3-4,6,8,14,17,19,21,23-30H2,1-2H3,(H,47,48)/b7-5+,11-9+,12-10+,15-13+,18-16+,22-20+/t31?,34?,35-,36?,37?,38?,39?/m1/s1. The van der Waals surface area contributed by atoms with E-state index in [9.17, 15) is 44.6 Å². The fourth-order valence-corrected chi connectivity index (χ4v) is 6.03. The van der Waals surface area contributed by atoms with Crippen molar-refractivity contribution in [1.29, 1.82) is 0 Å². The molecule has 14 heteroatoms. The van der Waals surface area contributed by atoms with Crippen LogP contribution in [0.15, 0.2) is 72.9 Å². The average molecular weight is 771 g/mol. The van der Waals surface area contributed by atoms with Crippen LogP contribution in [-0.4, -0.2) is 98.3 Å². The summed E-state index contributed by atoms with van der Waals surface area (Å²) in [5.41, 5.74) is 0. The highest BCUT2D eigenvalue weighted by Crippen LogP contribution is 2.47. The molecule has 8 atom stereocenters. The summed E-state index contributed by atoms with van der Waals surface area (Å²) in [6.07, 6.45) is 21.4. The monoisotopic (exact) mass is 770 g/mol. The van der Waals surface area contributed by atoms with Crippen LogP contribution in [0.3, 0.4) is 0 Å². The molecule has 0 aromatic rings. The molecule has 13 nitrogen and oxygen atoms in total. The van der Waals surface area contributed by atoms with Crippen molar-refractivity contribution in [2.75, 3.05) is 13.2 Å². The minimum Gasteiger partial charge on any atom is -0.462 e. The molecule has 0 saturated heterocycles. The average Bonchev–Trinajstić information content (AvgIpc) is 3.13. The number of rotatable bonds is 28. The molecule has 0 aromatic carbocycles. The molecule has 0 aromatic heterocycles. The van der Waals surface area contributed by atoms with E-state index >= 15 is 0 Å². The largest absolute Gasteiger partial charge is 0.472 e. The zero-order valence-corrected chi connectivity index (χ0v) is 32.2. The van der Waals surface area contributed by atoms with Crippen molar-refractivity contribution in [3.05, 3.63) is 72.9 Å². The summed E-state index contributed by atoms with van der Waals surface area (Å²) in [4.78, 5) is 35.4. The maximum Gasteiger partial charge on any atom is 0.472 e. The first kappa shape index (κ1) is 48.3. The van der Waals surface area contributed by atoms with Crippen LogP contribution in [0.4, 0.5) is 0 Å². The van der Waals surface area contributed by atoms with Crippen molar-refractivity contribution in [3.8, 4) is 0 Å². The fourth-order valence-electron chi connectivity index (χ4n) is 5.06. The Kier molecular flexibility index (Phi) is 27.0. The van der Waals surface area contributed by atoms with Gasteiger partial charge in [0.25, 0.3) is 0 Å². The first-order valence-corrected chi connectivity index (χ1v) is 20.3. The van der Waals surface area contributed by atoms with Crippen LogP contribution in [0, 0.1) is 0 Å². The molecule has 0 amide bonds. The van der Waals surface area contributed by atoms with E-state index in [1.807, 2.05) is 54.7 Å². The number of carbonyl (C=O) groups excluding carboxylic acids is 2. The third-order valence-corrected chi connectivity index (χ3v) is 9.14. The molecule has 1 aliphatic rings. The molecule has 1 saturated carbocycles. The highest BCUT2D eigenvalue weighted by Gasteiger charge is 2.51. The van der Waals surface area contributed by atoms with E-state index in [0.29, 0.717) is 19.3 Å². The molecule has 0 heterocycles. The molecule has 302 valence electrons. The molecule has 1 rings (SSSR count). The van der Waals surface area contributed by atoms with Gasteiger partial charge in [-0.2, -0.15) is 0 Å². The second-order valence-corrected chi connectivity index (χ2v) is 14.2. The Morgan fingerprint density at radius 2 is 1.11 bits per heavy atom. The van der Waals surface area contributed by atoms with Gasteiger partial charge in [0.1, 0.15) is 43.2 Å². The number of aliphatic hydroxyl groups is 5. The summed E-state index contributed by atoms with van der Waals surface area (Å²) in [5.74, 6) is -1.21. The van der Waals surface area contributed by atoms with Crippen LogP contribution in [-0.2, 0) is 32.7 Å². The topological polar surface area (TPSA) is 210 Å². The Morgan fingerprint density at radius 3 is 1.74 bits per heavy atom. The van der Waals surface area contributed by atoms with Gasteiger partial charge < -0.3 is 39.9 Å². The molecule has 0 radical (unpaired) electrons. The van der Waals surface area contributed by atoms with Crippen molar-refractivity contribution in [1.82, 2.24) is 0 Å². The van der Waals surface area contributed by atoms with Crippen LogP contribution in [0.25, 0.3) is 0 Å². The third kappa shape index (κ3) is 23.0. The van der Waals surface area contributed by atoms with Crippen molar-refractivity contribution < 1.29 is 63.1 Å². The number of allylic oxidation sites excluding steroid dienone is 12. The Bertz CT molecular complexity index is 1210. The Hall–Kier alpha value is -2.71. The minimum atomic E-state index is -5.13. The van der Waals surface area contributed by atoms with Gasteiger partial charge in [0.05, 0.1) is 6.61 Å². The zero-order valence-electron chi connectivity index (χ0n) is 31.3. The van der Waals surface area contributed by atoms with Gasteiger partial charge in [-0.1, -0.05) is 119 Å². The lowest BCUT2D eigenvalue weighted by atomic mass is 9.85. The van der Waals surface area contributed by atoms with Crippen molar-refractivity contribution >= 4 is 19.8 Å². The van der Waals surface area contributed by atoms with E-state index in [0.717, 1.165) is 44.9 Å². The van der Waals surface area contributed by atoms with Gasteiger partial charge in [-0.3, -0.25) is 18.6 Å². The Labute approximate surface area is 315 Å². The van der Waals surface area contributed by atoms with E-state index in [1.54, 1.807) is 0 Å². The summed E-state index contributed by atoms with van der Waals surface area (Å²) in [5, 5.41) is 49.9. The number of hydrogen-bond donors (Lipinski definition) is 6. The second kappa shape index (κ2) is 29.6. The van der Waals surface area contributed by atoms with Crippen LogP contribution in [0.5, 0.6) is 0 Å². The summed E-state index contributed by atoms with van der Waals surface area (Å²) in [6, 6.07) is 0. The predicted molar refractivity (Wildman–Crippen MR) is 202 cm³/mol. The summed E-state index contributed by atoms with van der Waals surface area (Å²) in [6.45, 7) is 2.99. The van der Waals surface area contributed by atoms with Crippen LogP contribution >= 0.6 is 7.82 Å². The quantitative estimate of drug-likeness (QED) is 0.0188. The highest BCUT2D eigenvalue weighted by molar-refractivity contribution is 7.47. The van der Waals surface area contributed by atoms with Gasteiger partial charge in [-0.25, -0.2) is 4.57 Å². The van der Waals surface area contributed by atoms with Crippen molar-refractivity contribution in [3.63, 3.8) is 0 Å². The Morgan fingerprint density at radius 1 is 0.604 bits per heavy atom. The second-order valence-electron chi connectivity index (χ2n) is 12.8. The molecule has 6 N–H and O–H groups in total. The van der Waals surface area contributed by atoms with E-state index < -0.39 is 75.7 Å². The van der Waals surface area contributed by atoms with Crippen LogP contribution in [0.1, 0.15) is 104 Å². The lowest BCUT2D eigenvalue weighted by Crippen LogP contribution is -2.64. The number of phosphoric acid groups is 1. The number of carbonyl (C=O) groups is 2. The smallest absolute Gasteiger partial charge is 0.462 e. The molecule has 1 fully saturated rings. The number of esters is 2. The number of hydrogen-bond acceptors (Lipinski definition) is 12. The first-order valence-electron chi connectivity index (χ1n) is 18.8. The highest BCUT2D eigenvalue weighted by atomic mass is 31.2. The number of ether oxygens (including phenoxy) is 2. The lowest BCUT2D eigenvalue weighted by molar-refractivity contribution is -0.220. The molecule has 1 aliphatic carbocycles. The fraction of sp³-hybridized carbons (Fsp3) is 0.641. The zero-order chi connectivity index (χ0) is 39.3. The molecule has 7 unspecified atom stereocenters. The number of aliphatic hydroxyl groups excluding tert-OH is 5. The first-order chi connectivity index (χ1) is 25.4. The molecule has 53 heavy (non-hydrogen) atoms. The van der Waals surface area contributed by atoms with Gasteiger partial charge in [0, 0.05) is 12.8 Å². The SMILES string of the molecule is CC/C=C/C=C/C=C/C=C/C=C/CCCC(=O)OC(COC(=O)CCCCCCC/C=C/CCCC)COP(=O)(O)OC1C(O)C(O)C(O)[C@@H](O)C1O. The van der Waals surface area contributed by atoms with E-state index in [4.69, 9.17) is 18.5 Å². The number of phosphoric ester groups is 1. The van der Waals surface area contributed by atoms with E-state index in [2.05, 4.69) is 32.1 Å². The van der Waals surface area contributed by atoms with Crippen LogP contribution in [0.2, 0.25) is 0 Å². The molecule has 0 bridgehead atoms. The Balaban J connectivity index is 2.64. The number of unbranched alkanes of at least 4 members (excludes halogenated alkanes) is 8. The molecule has 0 aliphatic heterocycles. The van der Waals surface area contributed by atoms with Gasteiger partial charge in [-0.05, 0) is 44.9 Å². The molecular formula is C39H63O13P.